The van der Waals surface area contributed by atoms with Gasteiger partial charge in [0.2, 0.25) is 5.91 Å². The van der Waals surface area contributed by atoms with Gasteiger partial charge in [0.15, 0.2) is 0 Å². The van der Waals surface area contributed by atoms with Crippen molar-refractivity contribution in [3.8, 4) is 0 Å². The Morgan fingerprint density at radius 1 is 0.727 bits per heavy atom. The van der Waals surface area contributed by atoms with Crippen LogP contribution in [0.4, 0.5) is 10.1 Å². The highest BCUT2D eigenvalue weighted by Gasteiger charge is 2.17. The molecule has 8 heteroatoms. The third-order valence-corrected chi connectivity index (χ3v) is 7.97. The number of para-hydroxylation sites is 2. The molecule has 0 fully saturated rings. The highest BCUT2D eigenvalue weighted by molar-refractivity contribution is 8.00. The van der Waals surface area contributed by atoms with Gasteiger partial charge in [-0.3, -0.25) is 19.0 Å². The summed E-state index contributed by atoms with van der Waals surface area (Å²) in [6, 6.07) is 37.0. The highest BCUT2D eigenvalue weighted by atomic mass is 32.2. The number of nitrogens with one attached hydrogen (secondary N) is 2. The fourth-order valence-electron chi connectivity index (χ4n) is 4.93. The predicted molar refractivity (Wildman–Crippen MR) is 174 cm³/mol. The van der Waals surface area contributed by atoms with Crippen LogP contribution < -0.4 is 10.6 Å². The van der Waals surface area contributed by atoms with E-state index in [-0.39, 0.29) is 17.4 Å². The molecule has 0 aliphatic rings. The van der Waals surface area contributed by atoms with E-state index in [1.807, 2.05) is 54.6 Å². The van der Waals surface area contributed by atoms with Crippen molar-refractivity contribution in [3.63, 3.8) is 0 Å². The van der Waals surface area contributed by atoms with Crippen molar-refractivity contribution in [1.29, 1.82) is 0 Å². The van der Waals surface area contributed by atoms with Crippen LogP contribution in [0.3, 0.4) is 0 Å². The van der Waals surface area contributed by atoms with E-state index >= 15 is 0 Å². The van der Waals surface area contributed by atoms with E-state index in [0.29, 0.717) is 16.8 Å². The Morgan fingerprint density at radius 3 is 2.05 bits per heavy atom. The van der Waals surface area contributed by atoms with E-state index in [4.69, 9.17) is 0 Å². The van der Waals surface area contributed by atoms with Gasteiger partial charge in [0.1, 0.15) is 11.5 Å². The SMILES string of the molecule is O=C(Nc1cccc(SCC(=O)n2c3ccccc3c3ccccc32)c1)/C(=C/c1ccc(F)cc1)NC(=O)c1ccccc1. The van der Waals surface area contributed by atoms with Gasteiger partial charge in [0, 0.05) is 26.9 Å². The average Bonchev–Trinajstić information content (AvgIpc) is 3.39. The quantitative estimate of drug-likeness (QED) is 0.138. The van der Waals surface area contributed by atoms with E-state index < -0.39 is 17.6 Å². The van der Waals surface area contributed by atoms with E-state index in [2.05, 4.69) is 10.6 Å². The minimum Gasteiger partial charge on any atom is -0.321 e. The maximum Gasteiger partial charge on any atom is 0.272 e. The van der Waals surface area contributed by atoms with E-state index in [0.717, 1.165) is 26.7 Å². The monoisotopic (exact) mass is 599 g/mol. The molecule has 0 aliphatic carbocycles. The van der Waals surface area contributed by atoms with Gasteiger partial charge in [-0.05, 0) is 66.2 Å². The number of anilines is 1. The number of benzene rings is 5. The van der Waals surface area contributed by atoms with Crippen molar-refractivity contribution in [2.75, 3.05) is 11.1 Å². The Hall–Kier alpha value is -5.47. The van der Waals surface area contributed by atoms with Crippen LogP contribution in [0.15, 0.2) is 138 Å². The van der Waals surface area contributed by atoms with Crippen LogP contribution >= 0.6 is 11.8 Å². The van der Waals surface area contributed by atoms with Crippen molar-refractivity contribution in [2.45, 2.75) is 4.90 Å². The van der Waals surface area contributed by atoms with Gasteiger partial charge in [0.25, 0.3) is 11.8 Å². The molecule has 5 aromatic carbocycles. The molecular weight excluding hydrogens is 573 g/mol. The maximum atomic E-state index is 13.5. The first kappa shape index (κ1) is 28.6. The number of amides is 2. The van der Waals surface area contributed by atoms with Crippen LogP contribution in [0.5, 0.6) is 0 Å². The fourth-order valence-corrected chi connectivity index (χ4v) is 5.74. The third-order valence-electron chi connectivity index (χ3n) is 6.99. The van der Waals surface area contributed by atoms with Crippen LogP contribution in [0.25, 0.3) is 27.9 Å². The summed E-state index contributed by atoms with van der Waals surface area (Å²) in [7, 11) is 0. The smallest absolute Gasteiger partial charge is 0.272 e. The molecule has 0 aliphatic heterocycles. The molecule has 6 rings (SSSR count). The standard InChI is InChI=1S/C36H26FN3O3S/c37-26-19-17-24(18-20-26)21-31(39-35(42)25-9-2-1-3-10-25)36(43)38-27-11-8-12-28(22-27)44-23-34(41)40-32-15-6-4-13-29(32)30-14-5-7-16-33(30)40/h1-22H,23H2,(H,38,43)(H,39,42)/b31-21-. The molecule has 0 radical (unpaired) electrons. The lowest BCUT2D eigenvalue weighted by Gasteiger charge is -2.12. The van der Waals surface area contributed by atoms with E-state index in [1.165, 1.54) is 42.1 Å². The molecule has 1 aromatic heterocycles. The van der Waals surface area contributed by atoms with Crippen LogP contribution in [0, 0.1) is 5.82 Å². The van der Waals surface area contributed by atoms with E-state index in [9.17, 15) is 18.8 Å². The number of hydrogen-bond donors (Lipinski definition) is 2. The topological polar surface area (TPSA) is 80.2 Å². The molecule has 0 spiro atoms. The first-order valence-corrected chi connectivity index (χ1v) is 14.8. The minimum absolute atomic E-state index is 0.00920. The number of carbonyl (C=O) groups is 3. The summed E-state index contributed by atoms with van der Waals surface area (Å²) in [6.45, 7) is 0. The number of halogens is 1. The zero-order valence-corrected chi connectivity index (χ0v) is 24.2. The zero-order chi connectivity index (χ0) is 30.5. The second-order valence-corrected chi connectivity index (χ2v) is 11.0. The first-order chi connectivity index (χ1) is 21.5. The number of nitrogens with zero attached hydrogens (tertiary/aromatic N) is 1. The molecule has 0 saturated carbocycles. The Morgan fingerprint density at radius 2 is 1.36 bits per heavy atom. The van der Waals surface area contributed by atoms with Crippen LogP contribution in [-0.2, 0) is 4.79 Å². The van der Waals surface area contributed by atoms with Gasteiger partial charge in [-0.15, -0.1) is 11.8 Å². The largest absolute Gasteiger partial charge is 0.321 e. The summed E-state index contributed by atoms with van der Waals surface area (Å²) in [5.41, 5.74) is 3.12. The summed E-state index contributed by atoms with van der Waals surface area (Å²) in [5.74, 6) is -1.30. The van der Waals surface area contributed by atoms with Gasteiger partial charge < -0.3 is 10.6 Å². The van der Waals surface area contributed by atoms with Gasteiger partial charge in [-0.25, -0.2) is 4.39 Å². The van der Waals surface area contributed by atoms with Crippen molar-refractivity contribution in [1.82, 2.24) is 9.88 Å². The fraction of sp³-hybridized carbons (Fsp3) is 0.0278. The Balaban J connectivity index is 1.19. The second kappa shape index (κ2) is 12.8. The lowest BCUT2D eigenvalue weighted by Crippen LogP contribution is -2.30. The van der Waals surface area contributed by atoms with Gasteiger partial charge in [0.05, 0.1) is 16.8 Å². The Labute approximate surface area is 257 Å². The average molecular weight is 600 g/mol. The molecule has 6 aromatic rings. The van der Waals surface area contributed by atoms with Crippen LogP contribution in [0.2, 0.25) is 0 Å². The molecule has 6 nitrogen and oxygen atoms in total. The molecule has 0 unspecified atom stereocenters. The molecule has 0 bridgehead atoms. The number of carbonyl (C=O) groups excluding carboxylic acids is 3. The third kappa shape index (κ3) is 6.30. The zero-order valence-electron chi connectivity index (χ0n) is 23.4. The summed E-state index contributed by atoms with van der Waals surface area (Å²) in [4.78, 5) is 40.6. The Kier molecular flexibility index (Phi) is 8.34. The molecular formula is C36H26FN3O3S. The lowest BCUT2D eigenvalue weighted by molar-refractivity contribution is -0.113. The second-order valence-electron chi connectivity index (χ2n) is 9.96. The number of aromatic nitrogens is 1. The van der Waals surface area contributed by atoms with Crippen molar-refractivity contribution in [2.24, 2.45) is 0 Å². The van der Waals surface area contributed by atoms with Crippen molar-refractivity contribution < 1.29 is 18.8 Å². The summed E-state index contributed by atoms with van der Waals surface area (Å²) in [5, 5.41) is 7.56. The molecule has 44 heavy (non-hydrogen) atoms. The van der Waals surface area contributed by atoms with Crippen LogP contribution in [0.1, 0.15) is 20.7 Å². The first-order valence-electron chi connectivity index (χ1n) is 13.9. The van der Waals surface area contributed by atoms with Crippen molar-refractivity contribution >= 4 is 63.1 Å². The number of thioether (sulfide) groups is 1. The van der Waals surface area contributed by atoms with Gasteiger partial charge in [-0.1, -0.05) is 72.8 Å². The molecule has 1 heterocycles. The Bertz CT molecular complexity index is 1980. The number of rotatable bonds is 8. The normalized spacial score (nSPS) is 11.4. The molecule has 216 valence electrons. The molecule has 0 atom stereocenters. The summed E-state index contributed by atoms with van der Waals surface area (Å²) >= 11 is 1.36. The number of fused-ring (bicyclic) bond motifs is 3. The minimum atomic E-state index is -0.554. The molecule has 0 saturated heterocycles. The van der Waals surface area contributed by atoms with Crippen LogP contribution in [-0.4, -0.2) is 28.0 Å². The van der Waals surface area contributed by atoms with Gasteiger partial charge >= 0.3 is 0 Å². The highest BCUT2D eigenvalue weighted by Crippen LogP contribution is 2.30. The van der Waals surface area contributed by atoms with E-state index in [1.54, 1.807) is 53.1 Å². The predicted octanol–water partition coefficient (Wildman–Crippen LogP) is 7.78. The maximum absolute atomic E-state index is 13.5. The number of hydrogen-bond acceptors (Lipinski definition) is 4. The molecule has 2 N–H and O–H groups in total. The summed E-state index contributed by atoms with van der Waals surface area (Å²) in [6.07, 6.45) is 1.48. The van der Waals surface area contributed by atoms with Crippen molar-refractivity contribution in [3.05, 3.63) is 150 Å². The molecule has 2 amide bonds. The summed E-state index contributed by atoms with van der Waals surface area (Å²) < 4.78 is 15.2. The van der Waals surface area contributed by atoms with Gasteiger partial charge in [-0.2, -0.15) is 0 Å². The lowest BCUT2D eigenvalue weighted by atomic mass is 10.1.